The van der Waals surface area contributed by atoms with Gasteiger partial charge in [0.2, 0.25) is 0 Å². The maximum absolute atomic E-state index is 9.03. The summed E-state index contributed by atoms with van der Waals surface area (Å²) >= 11 is 6.51. The van der Waals surface area contributed by atoms with Crippen LogP contribution in [-0.2, 0) is 0 Å². The van der Waals surface area contributed by atoms with Crippen LogP contribution in [0.1, 0.15) is 11.3 Å². The predicted molar refractivity (Wildman–Crippen MR) is 83.5 cm³/mol. The van der Waals surface area contributed by atoms with Gasteiger partial charge in [-0.05, 0) is 36.8 Å². The number of benzene rings is 2. The highest BCUT2D eigenvalue weighted by Gasteiger charge is 2.16. The van der Waals surface area contributed by atoms with Crippen LogP contribution in [0.3, 0.4) is 0 Å². The van der Waals surface area contributed by atoms with E-state index in [0.29, 0.717) is 10.7 Å². The van der Waals surface area contributed by atoms with Crippen LogP contribution in [0.2, 0.25) is 5.15 Å². The minimum absolute atomic E-state index is 0.550. The van der Waals surface area contributed by atoms with Crippen LogP contribution in [-0.4, -0.2) is 9.78 Å². The van der Waals surface area contributed by atoms with E-state index in [2.05, 4.69) is 11.2 Å². The molecule has 3 rings (SSSR count). The molecule has 0 fully saturated rings. The summed E-state index contributed by atoms with van der Waals surface area (Å²) in [5.74, 6) is 0. The summed E-state index contributed by atoms with van der Waals surface area (Å²) in [7, 11) is 0. The molecular formula is C17H12ClN3. The van der Waals surface area contributed by atoms with E-state index in [1.807, 2.05) is 55.5 Å². The number of hydrogen-bond acceptors (Lipinski definition) is 2. The molecule has 0 saturated carbocycles. The van der Waals surface area contributed by atoms with Crippen molar-refractivity contribution in [2.45, 2.75) is 6.92 Å². The quantitative estimate of drug-likeness (QED) is 0.704. The van der Waals surface area contributed by atoms with Gasteiger partial charge < -0.3 is 0 Å². The number of nitrogens with zero attached hydrogens (tertiary/aromatic N) is 3. The molecule has 0 saturated heterocycles. The maximum Gasteiger partial charge on any atom is 0.140 e. The zero-order chi connectivity index (χ0) is 14.8. The highest BCUT2D eigenvalue weighted by molar-refractivity contribution is 6.32. The first-order chi connectivity index (χ1) is 10.2. The number of hydrogen-bond donors (Lipinski definition) is 0. The second-order valence-electron chi connectivity index (χ2n) is 4.69. The van der Waals surface area contributed by atoms with Crippen molar-refractivity contribution >= 4 is 11.6 Å². The molecule has 1 heterocycles. The van der Waals surface area contributed by atoms with Gasteiger partial charge in [0.25, 0.3) is 0 Å². The van der Waals surface area contributed by atoms with Gasteiger partial charge in [-0.25, -0.2) is 4.68 Å². The Morgan fingerprint density at radius 1 is 1.10 bits per heavy atom. The van der Waals surface area contributed by atoms with E-state index < -0.39 is 0 Å². The summed E-state index contributed by atoms with van der Waals surface area (Å²) in [4.78, 5) is 0. The van der Waals surface area contributed by atoms with Crippen LogP contribution in [0.4, 0.5) is 0 Å². The number of halogens is 1. The molecule has 102 valence electrons. The molecule has 0 amide bonds. The van der Waals surface area contributed by atoms with Crippen LogP contribution in [0.5, 0.6) is 0 Å². The molecule has 3 nitrogen and oxygen atoms in total. The average Bonchev–Trinajstić information content (AvgIpc) is 2.83. The molecule has 4 heteroatoms. The first kappa shape index (κ1) is 13.4. The van der Waals surface area contributed by atoms with E-state index in [4.69, 9.17) is 16.9 Å². The third-order valence-electron chi connectivity index (χ3n) is 3.29. The van der Waals surface area contributed by atoms with Crippen LogP contribution < -0.4 is 0 Å². The monoisotopic (exact) mass is 293 g/mol. The van der Waals surface area contributed by atoms with Crippen molar-refractivity contribution in [1.29, 1.82) is 5.26 Å². The second kappa shape index (κ2) is 5.43. The molecule has 0 unspecified atom stereocenters. The lowest BCUT2D eigenvalue weighted by Gasteiger charge is -2.04. The van der Waals surface area contributed by atoms with Gasteiger partial charge in [-0.2, -0.15) is 10.4 Å². The zero-order valence-corrected chi connectivity index (χ0v) is 12.2. The molecule has 1 aromatic heterocycles. The topological polar surface area (TPSA) is 41.6 Å². The Morgan fingerprint density at radius 3 is 2.57 bits per heavy atom. The van der Waals surface area contributed by atoms with Gasteiger partial charge in [0.05, 0.1) is 23.0 Å². The summed E-state index contributed by atoms with van der Waals surface area (Å²) < 4.78 is 1.71. The molecule has 0 aliphatic rings. The van der Waals surface area contributed by atoms with Crippen LogP contribution in [0.25, 0.3) is 16.8 Å². The Labute approximate surface area is 128 Å². The van der Waals surface area contributed by atoms with Crippen molar-refractivity contribution in [2.75, 3.05) is 0 Å². The lowest BCUT2D eigenvalue weighted by atomic mass is 10.0. The van der Waals surface area contributed by atoms with Crippen molar-refractivity contribution in [3.05, 3.63) is 71.0 Å². The third kappa shape index (κ3) is 2.42. The van der Waals surface area contributed by atoms with E-state index in [-0.39, 0.29) is 0 Å². The molecule has 0 radical (unpaired) electrons. The number of rotatable bonds is 2. The van der Waals surface area contributed by atoms with Crippen molar-refractivity contribution in [2.24, 2.45) is 0 Å². The fourth-order valence-electron chi connectivity index (χ4n) is 2.31. The van der Waals surface area contributed by atoms with E-state index in [0.717, 1.165) is 22.5 Å². The molecule has 21 heavy (non-hydrogen) atoms. The minimum atomic E-state index is 0.550. The van der Waals surface area contributed by atoms with Crippen LogP contribution >= 0.6 is 11.6 Å². The first-order valence-corrected chi connectivity index (χ1v) is 6.89. The van der Waals surface area contributed by atoms with E-state index in [1.54, 1.807) is 10.7 Å². The van der Waals surface area contributed by atoms with Crippen LogP contribution in [0, 0.1) is 18.3 Å². The number of aryl methyl sites for hydroxylation is 1. The van der Waals surface area contributed by atoms with E-state index in [1.165, 1.54) is 0 Å². The Kier molecular flexibility index (Phi) is 3.47. The SMILES string of the molecule is Cc1nn(-c2ccccc2)c(Cl)c1-c1cccc(C#N)c1. The van der Waals surface area contributed by atoms with Gasteiger partial charge in [-0.3, -0.25) is 0 Å². The fraction of sp³-hybridized carbons (Fsp3) is 0.0588. The summed E-state index contributed by atoms with van der Waals surface area (Å²) in [6.45, 7) is 1.92. The van der Waals surface area contributed by atoms with Crippen molar-refractivity contribution < 1.29 is 0 Å². The molecule has 0 atom stereocenters. The third-order valence-corrected chi connectivity index (χ3v) is 3.63. The molecule has 0 aliphatic carbocycles. The van der Waals surface area contributed by atoms with Crippen molar-refractivity contribution in [3.8, 4) is 22.9 Å². The lowest BCUT2D eigenvalue weighted by Crippen LogP contribution is -1.95. The van der Waals surface area contributed by atoms with Crippen molar-refractivity contribution in [1.82, 2.24) is 9.78 Å². The molecule has 0 bridgehead atoms. The molecule has 0 aliphatic heterocycles. The molecular weight excluding hydrogens is 282 g/mol. The number of nitriles is 1. The van der Waals surface area contributed by atoms with Gasteiger partial charge in [0.1, 0.15) is 5.15 Å². The van der Waals surface area contributed by atoms with Gasteiger partial charge in [-0.1, -0.05) is 41.9 Å². The van der Waals surface area contributed by atoms with E-state index >= 15 is 0 Å². The van der Waals surface area contributed by atoms with Crippen molar-refractivity contribution in [3.63, 3.8) is 0 Å². The fourth-order valence-corrected chi connectivity index (χ4v) is 2.69. The molecule has 2 aromatic carbocycles. The van der Waals surface area contributed by atoms with Crippen LogP contribution in [0.15, 0.2) is 54.6 Å². The summed E-state index contributed by atoms with van der Waals surface area (Å²) in [6.07, 6.45) is 0. The summed E-state index contributed by atoms with van der Waals surface area (Å²) in [5.41, 5.74) is 4.11. The van der Waals surface area contributed by atoms with Gasteiger partial charge in [-0.15, -0.1) is 0 Å². The maximum atomic E-state index is 9.03. The van der Waals surface area contributed by atoms with Gasteiger partial charge >= 0.3 is 0 Å². The number of aromatic nitrogens is 2. The molecule has 3 aromatic rings. The second-order valence-corrected chi connectivity index (χ2v) is 5.05. The summed E-state index contributed by atoms with van der Waals surface area (Å²) in [6, 6.07) is 19.3. The Hall–Kier alpha value is -2.57. The van der Waals surface area contributed by atoms with Gasteiger partial charge in [0.15, 0.2) is 0 Å². The van der Waals surface area contributed by atoms with Gasteiger partial charge in [0, 0.05) is 5.56 Å². The largest absolute Gasteiger partial charge is 0.221 e. The smallest absolute Gasteiger partial charge is 0.140 e. The zero-order valence-electron chi connectivity index (χ0n) is 11.4. The Morgan fingerprint density at radius 2 is 1.86 bits per heavy atom. The normalized spacial score (nSPS) is 10.3. The molecule has 0 N–H and O–H groups in total. The lowest BCUT2D eigenvalue weighted by molar-refractivity contribution is 0.863. The minimum Gasteiger partial charge on any atom is -0.221 e. The average molecular weight is 294 g/mol. The predicted octanol–water partition coefficient (Wildman–Crippen LogP) is 4.37. The Balaban J connectivity index is 2.17. The standard InChI is InChI=1S/C17H12ClN3/c1-12-16(14-7-5-6-13(10-14)11-19)17(18)21(20-12)15-8-3-2-4-9-15/h2-10H,1H3. The summed E-state index contributed by atoms with van der Waals surface area (Å²) in [5, 5.41) is 14.1. The molecule has 0 spiro atoms. The Bertz CT molecular complexity index is 829. The van der Waals surface area contributed by atoms with E-state index in [9.17, 15) is 0 Å². The number of para-hydroxylation sites is 1. The first-order valence-electron chi connectivity index (χ1n) is 6.52. The highest BCUT2D eigenvalue weighted by atomic mass is 35.5. The highest BCUT2D eigenvalue weighted by Crippen LogP contribution is 2.33.